The second kappa shape index (κ2) is 5.96. The summed E-state index contributed by atoms with van der Waals surface area (Å²) in [5.41, 5.74) is 9.13. The Morgan fingerprint density at radius 2 is 2.25 bits per heavy atom. The zero-order valence-corrected chi connectivity index (χ0v) is 11.8. The van der Waals surface area contributed by atoms with Crippen LogP contribution in [0.15, 0.2) is 23.3 Å². The van der Waals surface area contributed by atoms with Gasteiger partial charge in [-0.25, -0.2) is 9.78 Å². The monoisotopic (exact) mass is 310 g/mol. The molecule has 0 spiro atoms. The number of rotatable bonds is 3. The number of benzene rings is 1. The molecule has 0 aliphatic heterocycles. The molecular weight excluding hydrogens is 303 g/mol. The standard InChI is InChI=1S/C12H8Cl2N4O2/c1-2-20-12(19)9-10(17-18-15)7-4-3-6(13)5-8(7)16-11(9)14/h3-5H,2H2,1H3. The Hall–Kier alpha value is -2.01. The summed E-state index contributed by atoms with van der Waals surface area (Å²) >= 11 is 11.9. The molecule has 2 aromatic rings. The number of ether oxygens (including phenoxy) is 1. The summed E-state index contributed by atoms with van der Waals surface area (Å²) in [5.74, 6) is -0.691. The topological polar surface area (TPSA) is 88.0 Å². The summed E-state index contributed by atoms with van der Waals surface area (Å²) in [6, 6.07) is 4.77. The molecule has 8 heteroatoms. The molecular formula is C12H8Cl2N4O2. The number of fused-ring (bicyclic) bond motifs is 1. The third-order valence-electron chi connectivity index (χ3n) is 2.50. The Morgan fingerprint density at radius 1 is 1.50 bits per heavy atom. The van der Waals surface area contributed by atoms with Crippen LogP contribution in [-0.4, -0.2) is 17.6 Å². The molecule has 20 heavy (non-hydrogen) atoms. The van der Waals surface area contributed by atoms with Crippen LogP contribution in [0.5, 0.6) is 0 Å². The molecule has 6 nitrogen and oxygen atoms in total. The maximum absolute atomic E-state index is 11.9. The lowest BCUT2D eigenvalue weighted by Crippen LogP contribution is -2.07. The average molecular weight is 311 g/mol. The molecule has 0 amide bonds. The molecule has 2 rings (SSSR count). The fourth-order valence-electron chi connectivity index (χ4n) is 1.72. The highest BCUT2D eigenvalue weighted by molar-refractivity contribution is 6.34. The van der Waals surface area contributed by atoms with Gasteiger partial charge in [0.1, 0.15) is 10.7 Å². The highest BCUT2D eigenvalue weighted by atomic mass is 35.5. The van der Waals surface area contributed by atoms with Crippen molar-refractivity contribution in [2.24, 2.45) is 5.11 Å². The molecule has 0 atom stereocenters. The Kier molecular flexibility index (Phi) is 4.29. The molecule has 0 radical (unpaired) electrons. The average Bonchev–Trinajstić information content (AvgIpc) is 2.38. The van der Waals surface area contributed by atoms with Gasteiger partial charge in [0.25, 0.3) is 0 Å². The fourth-order valence-corrected chi connectivity index (χ4v) is 2.15. The van der Waals surface area contributed by atoms with Crippen LogP contribution >= 0.6 is 23.2 Å². The van der Waals surface area contributed by atoms with Crippen LogP contribution in [0.3, 0.4) is 0 Å². The first kappa shape index (κ1) is 14.4. The van der Waals surface area contributed by atoms with E-state index in [2.05, 4.69) is 15.0 Å². The van der Waals surface area contributed by atoms with E-state index in [4.69, 9.17) is 33.5 Å². The van der Waals surface area contributed by atoms with Crippen molar-refractivity contribution in [3.8, 4) is 0 Å². The molecule has 0 aliphatic carbocycles. The van der Waals surface area contributed by atoms with E-state index in [1.165, 1.54) is 0 Å². The van der Waals surface area contributed by atoms with Gasteiger partial charge in [0, 0.05) is 15.3 Å². The van der Waals surface area contributed by atoms with Crippen molar-refractivity contribution in [3.63, 3.8) is 0 Å². The maximum Gasteiger partial charge on any atom is 0.341 e. The first-order valence-corrected chi connectivity index (χ1v) is 6.35. The predicted octanol–water partition coefficient (Wildman–Crippen LogP) is 4.66. The largest absolute Gasteiger partial charge is 0.462 e. The van der Waals surface area contributed by atoms with Crippen molar-refractivity contribution < 1.29 is 9.53 Å². The lowest BCUT2D eigenvalue weighted by molar-refractivity contribution is 0.0527. The van der Waals surface area contributed by atoms with Crippen molar-refractivity contribution >= 4 is 45.8 Å². The number of nitrogens with zero attached hydrogens (tertiary/aromatic N) is 4. The minimum absolute atomic E-state index is 0.0545. The Labute approximate surface area is 123 Å². The molecule has 1 aromatic carbocycles. The first-order chi connectivity index (χ1) is 9.58. The van der Waals surface area contributed by atoms with Crippen LogP contribution in [0.2, 0.25) is 10.2 Å². The van der Waals surface area contributed by atoms with Crippen molar-refractivity contribution in [3.05, 3.63) is 44.4 Å². The van der Waals surface area contributed by atoms with Gasteiger partial charge in [0.05, 0.1) is 17.8 Å². The minimum Gasteiger partial charge on any atom is -0.462 e. The molecule has 0 bridgehead atoms. The van der Waals surface area contributed by atoms with E-state index in [-0.39, 0.29) is 23.0 Å². The SMILES string of the molecule is CCOC(=O)c1c(Cl)nc2cc(Cl)ccc2c1N=[N+]=[N-]. The molecule has 0 aliphatic rings. The van der Waals surface area contributed by atoms with Crippen LogP contribution in [0.4, 0.5) is 5.69 Å². The fraction of sp³-hybridized carbons (Fsp3) is 0.167. The normalized spacial score (nSPS) is 10.2. The highest BCUT2D eigenvalue weighted by Gasteiger charge is 2.20. The van der Waals surface area contributed by atoms with Crippen LogP contribution in [0.25, 0.3) is 21.3 Å². The molecule has 1 aromatic heterocycles. The number of azide groups is 1. The van der Waals surface area contributed by atoms with Crippen LogP contribution < -0.4 is 0 Å². The Bertz CT molecular complexity index is 742. The molecule has 0 unspecified atom stereocenters. The van der Waals surface area contributed by atoms with Gasteiger partial charge in [-0.3, -0.25) is 0 Å². The Balaban J connectivity index is 2.83. The van der Waals surface area contributed by atoms with Gasteiger partial charge in [0.15, 0.2) is 0 Å². The molecule has 102 valence electrons. The maximum atomic E-state index is 11.9. The van der Waals surface area contributed by atoms with E-state index in [0.29, 0.717) is 15.9 Å². The summed E-state index contributed by atoms with van der Waals surface area (Å²) < 4.78 is 4.90. The number of hydrogen-bond donors (Lipinski definition) is 0. The zero-order valence-electron chi connectivity index (χ0n) is 10.3. The minimum atomic E-state index is -0.691. The molecule has 0 N–H and O–H groups in total. The van der Waals surface area contributed by atoms with Gasteiger partial charge in [-0.15, -0.1) is 0 Å². The smallest absolute Gasteiger partial charge is 0.341 e. The number of hydrogen-bond acceptors (Lipinski definition) is 4. The highest BCUT2D eigenvalue weighted by Crippen LogP contribution is 2.35. The second-order valence-corrected chi connectivity index (χ2v) is 4.49. The third-order valence-corrected chi connectivity index (χ3v) is 3.01. The van der Waals surface area contributed by atoms with Gasteiger partial charge in [0.2, 0.25) is 0 Å². The summed E-state index contributed by atoms with van der Waals surface area (Å²) in [4.78, 5) is 18.7. The third kappa shape index (κ3) is 2.63. The molecule has 0 fully saturated rings. The van der Waals surface area contributed by atoms with E-state index >= 15 is 0 Å². The van der Waals surface area contributed by atoms with Gasteiger partial charge in [-0.2, -0.15) is 0 Å². The van der Waals surface area contributed by atoms with Crippen LogP contribution in [0.1, 0.15) is 17.3 Å². The molecule has 0 saturated carbocycles. The summed E-state index contributed by atoms with van der Waals surface area (Å²) in [7, 11) is 0. The number of carbonyl (C=O) groups excluding carboxylic acids is 1. The molecule has 1 heterocycles. The van der Waals surface area contributed by atoms with E-state index in [1.54, 1.807) is 25.1 Å². The zero-order chi connectivity index (χ0) is 14.7. The van der Waals surface area contributed by atoms with E-state index in [1.807, 2.05) is 0 Å². The number of aromatic nitrogens is 1. The van der Waals surface area contributed by atoms with Crippen molar-refractivity contribution in [2.75, 3.05) is 6.61 Å². The van der Waals surface area contributed by atoms with Gasteiger partial charge in [-0.1, -0.05) is 34.4 Å². The van der Waals surface area contributed by atoms with Crippen molar-refractivity contribution in [2.45, 2.75) is 6.92 Å². The quantitative estimate of drug-likeness (QED) is 0.271. The number of carbonyl (C=O) groups is 1. The second-order valence-electron chi connectivity index (χ2n) is 3.70. The predicted molar refractivity (Wildman–Crippen MR) is 76.5 cm³/mol. The van der Waals surface area contributed by atoms with E-state index < -0.39 is 5.97 Å². The summed E-state index contributed by atoms with van der Waals surface area (Å²) in [6.45, 7) is 1.83. The Morgan fingerprint density at radius 3 is 2.90 bits per heavy atom. The van der Waals surface area contributed by atoms with Crippen molar-refractivity contribution in [1.29, 1.82) is 0 Å². The first-order valence-electron chi connectivity index (χ1n) is 5.59. The summed E-state index contributed by atoms with van der Waals surface area (Å²) in [6.07, 6.45) is 0. The lowest BCUT2D eigenvalue weighted by Gasteiger charge is -2.10. The van der Waals surface area contributed by atoms with E-state index in [0.717, 1.165) is 0 Å². The van der Waals surface area contributed by atoms with Gasteiger partial charge < -0.3 is 4.74 Å². The van der Waals surface area contributed by atoms with Gasteiger partial charge in [-0.05, 0) is 24.6 Å². The van der Waals surface area contributed by atoms with Gasteiger partial charge >= 0.3 is 5.97 Å². The van der Waals surface area contributed by atoms with Crippen LogP contribution in [0, 0.1) is 0 Å². The molecule has 0 saturated heterocycles. The lowest BCUT2D eigenvalue weighted by atomic mass is 10.1. The number of pyridine rings is 1. The number of halogens is 2. The van der Waals surface area contributed by atoms with Crippen molar-refractivity contribution in [1.82, 2.24) is 4.98 Å². The van der Waals surface area contributed by atoms with Crippen LogP contribution in [-0.2, 0) is 4.74 Å². The number of esters is 1. The summed E-state index contributed by atoms with van der Waals surface area (Å²) in [5, 5.41) is 4.37. The van der Waals surface area contributed by atoms with E-state index in [9.17, 15) is 4.79 Å².